The fourth-order valence-electron chi connectivity index (χ4n) is 4.25. The Morgan fingerprint density at radius 1 is 0.523 bits per heavy atom. The Hall–Kier alpha value is -4.01. The Labute approximate surface area is 268 Å². The van der Waals surface area contributed by atoms with Gasteiger partial charge in [-0.25, -0.2) is 0 Å². The Bertz CT molecular complexity index is 1660. The van der Waals surface area contributed by atoms with Crippen molar-refractivity contribution in [2.45, 2.75) is 81.9 Å². The van der Waals surface area contributed by atoms with Crippen molar-refractivity contribution in [1.29, 1.82) is 0 Å². The van der Waals surface area contributed by atoms with Crippen LogP contribution < -0.4 is 14.2 Å². The Balaban J connectivity index is 0.000000266. The number of hydrogen-bond donors (Lipinski definition) is 0. The fraction of sp³-hybridized carbons (Fsp3) is 0.250. The number of carbonyl (C=O) groups excluding carboxylic acids is 3. The number of benzene rings is 4. The highest BCUT2D eigenvalue weighted by molar-refractivity contribution is 7.99. The van der Waals surface area contributed by atoms with E-state index < -0.39 is 11.9 Å². The molecule has 0 amide bonds. The van der Waals surface area contributed by atoms with Crippen LogP contribution in [0.25, 0.3) is 0 Å². The molecule has 44 heavy (non-hydrogen) atoms. The predicted octanol–water partition coefficient (Wildman–Crippen LogP) is 9.10. The van der Waals surface area contributed by atoms with Gasteiger partial charge in [0, 0.05) is 45.9 Å². The summed E-state index contributed by atoms with van der Waals surface area (Å²) in [5.74, 6) is -0.00191. The van der Waals surface area contributed by atoms with Crippen LogP contribution in [0.2, 0.25) is 0 Å². The lowest BCUT2D eigenvalue weighted by atomic mass is 10.0. The van der Waals surface area contributed by atoms with E-state index in [1.54, 1.807) is 35.7 Å². The first-order chi connectivity index (χ1) is 20.8. The second-order valence-corrected chi connectivity index (χ2v) is 12.4. The maximum Gasteiger partial charge on any atom is 0.308 e. The molecule has 4 aromatic carbocycles. The molecule has 0 saturated heterocycles. The predicted molar refractivity (Wildman–Crippen MR) is 175 cm³/mol. The van der Waals surface area contributed by atoms with E-state index in [-0.39, 0.29) is 5.97 Å². The molecule has 4 aromatic rings. The molecule has 0 heterocycles. The molecule has 0 bridgehead atoms. The number of rotatable bonds is 7. The first-order valence-corrected chi connectivity index (χ1v) is 15.6. The third kappa shape index (κ3) is 9.24. The van der Waals surface area contributed by atoms with E-state index in [4.69, 9.17) is 14.2 Å². The average Bonchev–Trinajstić information content (AvgIpc) is 2.97. The Morgan fingerprint density at radius 3 is 1.57 bits per heavy atom. The van der Waals surface area contributed by atoms with Crippen LogP contribution >= 0.6 is 23.5 Å². The van der Waals surface area contributed by atoms with Gasteiger partial charge < -0.3 is 14.2 Å². The van der Waals surface area contributed by atoms with Gasteiger partial charge in [-0.3, -0.25) is 14.4 Å². The minimum absolute atomic E-state index is 0.302. The Morgan fingerprint density at radius 2 is 1.02 bits per heavy atom. The molecule has 0 N–H and O–H groups in total. The number of aryl methyl sites for hydroxylation is 2. The van der Waals surface area contributed by atoms with Crippen molar-refractivity contribution in [3.63, 3.8) is 0 Å². The van der Waals surface area contributed by atoms with Crippen molar-refractivity contribution in [1.82, 2.24) is 0 Å². The molecule has 0 aliphatic carbocycles. The highest BCUT2D eigenvalue weighted by atomic mass is 32.2. The highest BCUT2D eigenvalue weighted by Gasteiger charge is 2.24. The summed E-state index contributed by atoms with van der Waals surface area (Å²) in [4.78, 5) is 38.4. The zero-order valence-electron chi connectivity index (χ0n) is 26.5. The topological polar surface area (TPSA) is 78.9 Å². The van der Waals surface area contributed by atoms with Crippen LogP contribution in [0, 0.1) is 47.6 Å². The number of hydrogen-bond acceptors (Lipinski definition) is 8. The van der Waals surface area contributed by atoms with Gasteiger partial charge in [0.1, 0.15) is 5.75 Å². The van der Waals surface area contributed by atoms with Crippen LogP contribution in [-0.2, 0) is 14.4 Å². The van der Waals surface area contributed by atoms with E-state index in [9.17, 15) is 14.4 Å². The van der Waals surface area contributed by atoms with Crippen molar-refractivity contribution >= 4 is 41.4 Å². The summed E-state index contributed by atoms with van der Waals surface area (Å²) in [7, 11) is 0. The van der Waals surface area contributed by atoms with Gasteiger partial charge in [-0.15, -0.1) is 0 Å². The van der Waals surface area contributed by atoms with Crippen LogP contribution in [0.3, 0.4) is 0 Å². The molecule has 0 fully saturated rings. The van der Waals surface area contributed by atoms with Gasteiger partial charge in [0.15, 0.2) is 11.5 Å². The van der Waals surface area contributed by atoms with Crippen LogP contribution in [0.4, 0.5) is 0 Å². The van der Waals surface area contributed by atoms with E-state index >= 15 is 0 Å². The highest BCUT2D eigenvalue weighted by Crippen LogP contribution is 2.46. The van der Waals surface area contributed by atoms with Crippen molar-refractivity contribution in [3.8, 4) is 17.2 Å². The second-order valence-electron chi connectivity index (χ2n) is 10.2. The molecule has 8 heteroatoms. The summed E-state index contributed by atoms with van der Waals surface area (Å²) >= 11 is 3.31. The van der Waals surface area contributed by atoms with E-state index in [0.29, 0.717) is 17.2 Å². The molecule has 0 unspecified atom stereocenters. The molecule has 4 rings (SSSR count). The molecule has 6 nitrogen and oxygen atoms in total. The first kappa shape index (κ1) is 34.5. The van der Waals surface area contributed by atoms with Gasteiger partial charge in [-0.2, -0.15) is 0 Å². The summed E-state index contributed by atoms with van der Waals surface area (Å²) in [6, 6.07) is 22.4. The zero-order valence-corrected chi connectivity index (χ0v) is 28.2. The van der Waals surface area contributed by atoms with Crippen molar-refractivity contribution < 1.29 is 28.6 Å². The van der Waals surface area contributed by atoms with Crippen LogP contribution in [0.1, 0.15) is 54.2 Å². The first-order valence-electron chi connectivity index (χ1n) is 14.0. The summed E-state index contributed by atoms with van der Waals surface area (Å²) < 4.78 is 15.8. The lowest BCUT2D eigenvalue weighted by molar-refractivity contribution is -0.134. The van der Waals surface area contributed by atoms with Crippen molar-refractivity contribution in [2.24, 2.45) is 0 Å². The zero-order chi connectivity index (χ0) is 32.6. The molecular formula is C36H37O6S2. The van der Waals surface area contributed by atoms with Crippen LogP contribution in [0.15, 0.2) is 80.2 Å². The largest absolute Gasteiger partial charge is 0.427 e. The van der Waals surface area contributed by atoms with Crippen molar-refractivity contribution in [2.75, 3.05) is 0 Å². The summed E-state index contributed by atoms with van der Waals surface area (Å²) in [5.41, 5.74) is 6.23. The molecule has 0 saturated carbocycles. The monoisotopic (exact) mass is 629 g/mol. The second kappa shape index (κ2) is 15.6. The minimum Gasteiger partial charge on any atom is -0.427 e. The average molecular weight is 630 g/mol. The number of esters is 3. The normalized spacial score (nSPS) is 10.4. The van der Waals surface area contributed by atoms with Gasteiger partial charge in [0.25, 0.3) is 0 Å². The van der Waals surface area contributed by atoms with Gasteiger partial charge in [-0.05, 0) is 112 Å². The van der Waals surface area contributed by atoms with Gasteiger partial charge >= 0.3 is 17.9 Å². The molecule has 0 aromatic heterocycles. The summed E-state index contributed by atoms with van der Waals surface area (Å²) in [5, 5.41) is 0. The van der Waals surface area contributed by atoms with E-state index in [0.717, 1.165) is 31.4 Å². The molecular weight excluding hydrogens is 593 g/mol. The van der Waals surface area contributed by atoms with Crippen LogP contribution in [-0.4, -0.2) is 17.9 Å². The lowest BCUT2D eigenvalue weighted by Crippen LogP contribution is -2.11. The standard InChI is InChI=1S/C22H26O4S.C14H11O2S/c1-11-9-10-12(2)21(13(11)3)27-22-15(5)14(4)19(25-17(7)23)20(16(22)6)26-18(8)24;1-11(15)16-12-7-9-14(10-8-12)17-13-5-3-2-4-6-13/h9-10H,1-8H3;3-10H,1H3. The van der Waals surface area contributed by atoms with E-state index in [1.165, 1.54) is 42.4 Å². The lowest BCUT2D eigenvalue weighted by Gasteiger charge is -2.21. The van der Waals surface area contributed by atoms with Gasteiger partial charge in [0.2, 0.25) is 0 Å². The quantitative estimate of drug-likeness (QED) is 0.148. The van der Waals surface area contributed by atoms with Crippen LogP contribution in [0.5, 0.6) is 17.2 Å². The SMILES string of the molecule is CC(=O)Oc1c(C)c(C)c(Sc2c(C)ccc(C)c2C)c(C)c1OC(C)=O.CC(=O)Oc1ccc(Sc2cc[c]cc2)cc1. The van der Waals surface area contributed by atoms with Gasteiger partial charge in [-0.1, -0.05) is 47.8 Å². The smallest absolute Gasteiger partial charge is 0.308 e. The maximum atomic E-state index is 11.7. The fourth-order valence-corrected chi connectivity index (χ4v) is 6.37. The molecule has 0 aliphatic heterocycles. The number of carbonyl (C=O) groups is 3. The molecule has 1 radical (unpaired) electrons. The van der Waals surface area contributed by atoms with Crippen molar-refractivity contribution in [3.05, 3.63) is 100 Å². The molecule has 0 spiro atoms. The Kier molecular flexibility index (Phi) is 12.3. The summed E-state index contributed by atoms with van der Waals surface area (Å²) in [6.07, 6.45) is 0. The summed E-state index contributed by atoms with van der Waals surface area (Å²) in [6.45, 7) is 16.1. The number of ether oxygens (including phenoxy) is 3. The third-order valence-corrected chi connectivity index (χ3v) is 9.37. The molecule has 0 aliphatic rings. The third-order valence-electron chi connectivity index (χ3n) is 6.71. The van der Waals surface area contributed by atoms with Gasteiger partial charge in [0.05, 0.1) is 0 Å². The van der Waals surface area contributed by atoms with E-state index in [1.807, 2.05) is 57.2 Å². The van der Waals surface area contributed by atoms with E-state index in [2.05, 4.69) is 39.0 Å². The minimum atomic E-state index is -0.450. The molecule has 229 valence electrons. The molecule has 0 atom stereocenters. The maximum absolute atomic E-state index is 11.7.